The predicted octanol–water partition coefficient (Wildman–Crippen LogP) is 18.6. The maximum atomic E-state index is 13.0. The van der Waals surface area contributed by atoms with Crippen LogP contribution in [0.2, 0.25) is 0 Å². The fourth-order valence-corrected chi connectivity index (χ4v) is 11.4. The third kappa shape index (κ3) is 42.1. The van der Waals surface area contributed by atoms with Crippen molar-refractivity contribution in [2.45, 2.75) is 88.7 Å². The Morgan fingerprint density at radius 3 is 0.729 bits per heavy atom. The summed E-state index contributed by atoms with van der Waals surface area (Å²) in [4.78, 5) is 110. The minimum atomic E-state index is -5.61. The van der Waals surface area contributed by atoms with E-state index in [0.29, 0.717) is 50.8 Å². The minimum Gasteiger partial charge on any atom is -0.494 e. The van der Waals surface area contributed by atoms with Crippen LogP contribution in [0.5, 0.6) is 34.5 Å². The Balaban J connectivity index is 0.000000293. The number of anilines is 6. The largest absolute Gasteiger partial charge is 0.494 e. The molecule has 0 heterocycles. The number of rotatable bonds is 49. The van der Waals surface area contributed by atoms with Crippen molar-refractivity contribution in [3.8, 4) is 34.5 Å². The van der Waals surface area contributed by atoms with Crippen molar-refractivity contribution in [2.75, 3.05) is 134 Å². The Bertz CT molecular complexity index is 5740. The van der Waals surface area contributed by atoms with Crippen LogP contribution in [-0.4, -0.2) is 189 Å². The van der Waals surface area contributed by atoms with E-state index in [1.807, 2.05) is 0 Å². The van der Waals surface area contributed by atoms with Crippen LogP contribution in [0.3, 0.4) is 0 Å². The number of nitrogens with two attached hydrogens (primary N) is 6. The van der Waals surface area contributed by atoms with Gasteiger partial charge in [0.2, 0.25) is 0 Å². The molecule has 144 heavy (non-hydrogen) atoms. The van der Waals surface area contributed by atoms with E-state index < -0.39 is 134 Å². The zero-order valence-corrected chi connectivity index (χ0v) is 76.8. The Kier molecular flexibility index (Phi) is 44.6. The van der Waals surface area contributed by atoms with Gasteiger partial charge in [-0.2, -0.15) is 65.9 Å². The van der Waals surface area contributed by atoms with Crippen LogP contribution in [0.15, 0.2) is 218 Å². The molecule has 0 unspecified atom stereocenters. The molecular weight excluding hydrogens is 1940 g/mol. The highest BCUT2D eigenvalue weighted by molar-refractivity contribution is 5.95. The number of esters is 9. The summed E-state index contributed by atoms with van der Waals surface area (Å²) in [7, 11) is 0. The van der Waals surface area contributed by atoms with Gasteiger partial charge in [0.15, 0.2) is 0 Å². The molecule has 12 N–H and O–H groups in total. The number of halogens is 15. The first-order chi connectivity index (χ1) is 67.9. The maximum absolute atomic E-state index is 13.0. The molecule has 9 aromatic rings. The summed E-state index contributed by atoms with van der Waals surface area (Å²) in [5.41, 5.74) is 38.3. The lowest BCUT2D eigenvalue weighted by atomic mass is 9.96. The lowest BCUT2D eigenvalue weighted by molar-refractivity contribution is -0.284. The van der Waals surface area contributed by atoms with E-state index in [9.17, 15) is 109 Å². The average Bonchev–Trinajstić information content (AvgIpc) is 0.864. The molecule has 0 saturated carbocycles. The molecule has 0 aliphatic rings. The van der Waals surface area contributed by atoms with Crippen molar-refractivity contribution in [3.05, 3.63) is 268 Å². The van der Waals surface area contributed by atoms with Crippen LogP contribution in [0.25, 0.3) is 18.2 Å². The molecule has 0 bridgehead atoms. The van der Waals surface area contributed by atoms with Gasteiger partial charge >= 0.3 is 90.0 Å². The summed E-state index contributed by atoms with van der Waals surface area (Å²) < 4.78 is 266. The van der Waals surface area contributed by atoms with Crippen molar-refractivity contribution in [1.29, 1.82) is 0 Å². The van der Waals surface area contributed by atoms with Crippen LogP contribution in [0.1, 0.15) is 131 Å². The molecule has 0 radical (unpaired) electrons. The zero-order valence-electron chi connectivity index (χ0n) is 76.8. The monoisotopic (exact) mass is 2040 g/mol. The predicted molar refractivity (Wildman–Crippen MR) is 494 cm³/mol. The quantitative estimate of drug-likeness (QED) is 0.00392. The van der Waals surface area contributed by atoms with Crippen molar-refractivity contribution >= 4 is 106 Å². The van der Waals surface area contributed by atoms with Gasteiger partial charge in [0.25, 0.3) is 0 Å². The molecule has 0 amide bonds. The molecule has 9 aromatic carbocycles. The Labute approximate surface area is 813 Å². The van der Waals surface area contributed by atoms with Crippen molar-refractivity contribution in [3.63, 3.8) is 0 Å². The van der Waals surface area contributed by atoms with Crippen LogP contribution < -0.4 is 62.8 Å². The second-order valence-electron chi connectivity index (χ2n) is 31.4. The van der Waals surface area contributed by atoms with Crippen LogP contribution in [0, 0.1) is 5.41 Å². The topological polar surface area (TPSA) is 448 Å². The van der Waals surface area contributed by atoms with Gasteiger partial charge in [-0.05, 0) is 218 Å². The van der Waals surface area contributed by atoms with Gasteiger partial charge in [-0.25, -0.2) is 43.2 Å². The third-order valence-corrected chi connectivity index (χ3v) is 18.8. The number of carbonyl (C=O) groups excluding carboxylic acids is 9. The van der Waals surface area contributed by atoms with Gasteiger partial charge in [-0.1, -0.05) is 50.2 Å². The number of carbonyl (C=O) groups is 9. The Hall–Kier alpha value is -15.5. The van der Waals surface area contributed by atoms with E-state index in [1.54, 1.807) is 50.2 Å². The molecule has 0 aliphatic carbocycles. The van der Waals surface area contributed by atoms with E-state index in [4.69, 9.17) is 105 Å². The summed E-state index contributed by atoms with van der Waals surface area (Å²) in [6.45, 7) is 3.21. The average molecular weight is 2040 g/mol. The van der Waals surface area contributed by atoms with Crippen molar-refractivity contribution in [1.82, 2.24) is 0 Å². The molecular formula is C99H99F15N6O24. The first kappa shape index (κ1) is 115. The second kappa shape index (κ2) is 55.6. The molecule has 0 spiro atoms. The molecule has 0 aliphatic heterocycles. The van der Waals surface area contributed by atoms with Gasteiger partial charge in [0, 0.05) is 77.0 Å². The lowest BCUT2D eigenvalue weighted by Crippen LogP contribution is -2.36. The van der Waals surface area contributed by atoms with Gasteiger partial charge in [-0.3, -0.25) is 0 Å². The Morgan fingerprint density at radius 1 is 0.250 bits per heavy atom. The smallest absolute Gasteiger partial charge is 0.453 e. The fraction of sp³-hybridized carbons (Fsp3) is 0.303. The summed E-state index contributed by atoms with van der Waals surface area (Å²) in [6, 6.07) is 48.1. The van der Waals surface area contributed by atoms with Crippen molar-refractivity contribution < 1.29 is 180 Å². The van der Waals surface area contributed by atoms with Crippen LogP contribution in [-0.2, 0) is 57.0 Å². The molecule has 774 valence electrons. The van der Waals surface area contributed by atoms with Gasteiger partial charge in [-0.15, -0.1) is 0 Å². The van der Waals surface area contributed by atoms with Crippen LogP contribution in [0.4, 0.5) is 100.0 Å². The first-order valence-corrected chi connectivity index (χ1v) is 43.2. The van der Waals surface area contributed by atoms with Gasteiger partial charge in [0.1, 0.15) is 60.9 Å². The standard InChI is InChI=1S/C34H35F5N2O9.C33H33F5N2O7.C32H31F5N2O8/c35-33(36,34(37,38)39)12-1-13-47-28-9-5-24(6-10-28)32(44)50-29-7-2-23(3-8-29)4-11-30(42)48-18-16-45-14-15-46-17-19-49-31(43)25-20-26(40)22-27(41)21-25;1-31(2,20-46-29(42)23-16-24(39)18-25(40)17-23)19-45-28(41)13-6-21-4-9-27(10-5-21)47-30(43)22-7-11-26(12-8-22)44-15-3-14-32(34,35)33(36,37)38;33-31(34,32(35,36)37)12-1-13-44-26-9-5-22(6-10-26)30(42)47-27-7-2-21(3-8-27)4-11-28(40)45-16-14-43-15-17-46-29(41)23-18-24(38)20-25(39)19-23/h2-11,20-22H,1,12-19,40-41H2;4-13,16-18H,3,14-15,19-20,39-40H2,1-2H3;2-11,18-20H,1,12-17,38-39H2. The minimum absolute atomic E-state index is 0.00694. The van der Waals surface area contributed by atoms with Crippen LogP contribution >= 0.6 is 0 Å². The van der Waals surface area contributed by atoms with E-state index in [-0.39, 0.29) is 167 Å². The number of ether oxygens (including phenoxy) is 15. The summed E-state index contributed by atoms with van der Waals surface area (Å²) >= 11 is 0. The molecule has 0 saturated heterocycles. The zero-order chi connectivity index (χ0) is 106. The Morgan fingerprint density at radius 2 is 0.472 bits per heavy atom. The maximum Gasteiger partial charge on any atom is 0.453 e. The third-order valence-electron chi connectivity index (χ3n) is 18.8. The highest BCUT2D eigenvalue weighted by Gasteiger charge is 2.58. The molecule has 0 aromatic heterocycles. The number of benzene rings is 9. The summed E-state index contributed by atoms with van der Waals surface area (Å²) in [5.74, 6) is -19.0. The number of hydrogen-bond donors (Lipinski definition) is 6. The molecule has 45 heteroatoms. The molecule has 0 fully saturated rings. The lowest BCUT2D eigenvalue weighted by Gasteiger charge is -2.23. The number of nitrogen functional groups attached to an aromatic ring is 6. The second-order valence-corrected chi connectivity index (χ2v) is 31.4. The highest BCUT2D eigenvalue weighted by Crippen LogP contribution is 2.42. The van der Waals surface area contributed by atoms with E-state index in [2.05, 4.69) is 0 Å². The number of alkyl halides is 15. The molecule has 30 nitrogen and oxygen atoms in total. The number of hydrogen-bond acceptors (Lipinski definition) is 30. The highest BCUT2D eigenvalue weighted by atomic mass is 19.4. The van der Waals surface area contributed by atoms with E-state index >= 15 is 0 Å². The van der Waals surface area contributed by atoms with Gasteiger partial charge in [0.05, 0.1) is 106 Å². The van der Waals surface area contributed by atoms with Gasteiger partial charge < -0.3 is 105 Å². The summed E-state index contributed by atoms with van der Waals surface area (Å²) in [5, 5.41) is 0. The van der Waals surface area contributed by atoms with E-state index in [0.717, 1.165) is 0 Å². The first-order valence-electron chi connectivity index (χ1n) is 43.2. The normalized spacial score (nSPS) is 11.8. The van der Waals surface area contributed by atoms with E-state index in [1.165, 1.54) is 200 Å². The molecule has 9 rings (SSSR count). The summed E-state index contributed by atoms with van der Waals surface area (Å²) in [6.07, 6.45) is -14.5. The fourth-order valence-electron chi connectivity index (χ4n) is 11.4. The van der Waals surface area contributed by atoms with Crippen molar-refractivity contribution in [2.24, 2.45) is 5.41 Å². The SMILES string of the molecule is CC(C)(COC(=O)C=Cc1ccc(OC(=O)c2ccc(OCCCC(F)(F)C(F)(F)F)cc2)cc1)COC(=O)c1cc(N)cc(N)c1.Nc1cc(N)cc(C(=O)OCCOCCOC(=O)C=Cc2ccc(OC(=O)c3ccc(OCCCC(F)(F)C(F)(F)F)cc3)cc2)c1.Nc1cc(N)cc(C(=O)OCCOCCOCCOC(=O)C=Cc2ccc(OC(=O)c3ccc(OCCCC(F)(F)C(F)(F)F)cc3)cc2)c1. The molecule has 0 atom stereocenters.